The molecule has 1 saturated heterocycles. The van der Waals surface area contributed by atoms with E-state index < -0.39 is 5.56 Å². The van der Waals surface area contributed by atoms with Crippen molar-refractivity contribution in [3.63, 3.8) is 0 Å². The molecule has 2 amide bonds. The second-order valence-corrected chi connectivity index (χ2v) is 7.49. The van der Waals surface area contributed by atoms with Crippen LogP contribution in [0.5, 0.6) is 0 Å². The highest BCUT2D eigenvalue weighted by Crippen LogP contribution is 2.27. The molecule has 1 aromatic heterocycles. The topological polar surface area (TPSA) is 134 Å². The molecule has 148 valence electrons. The lowest BCUT2D eigenvalue weighted by Crippen LogP contribution is -2.43. The van der Waals surface area contributed by atoms with Crippen LogP contribution in [-0.4, -0.2) is 51.0 Å². The number of likely N-dealkylation sites (tertiary alicyclic amines) is 1. The summed E-state index contributed by atoms with van der Waals surface area (Å²) in [6, 6.07) is 0.0960. The number of nitrogens with zero attached hydrogens (tertiary/aromatic N) is 3. The second kappa shape index (κ2) is 8.96. The maximum Gasteiger partial charge on any atom is 0.274 e. The maximum absolute atomic E-state index is 12.6. The van der Waals surface area contributed by atoms with E-state index in [9.17, 15) is 14.4 Å². The Kier molecular flexibility index (Phi) is 6.41. The second-order valence-electron chi connectivity index (χ2n) is 7.49. The minimum atomic E-state index is -0.410. The van der Waals surface area contributed by atoms with Crippen LogP contribution in [0.3, 0.4) is 0 Å². The predicted octanol–water partition coefficient (Wildman–Crippen LogP) is 0.367. The third kappa shape index (κ3) is 5.27. The van der Waals surface area contributed by atoms with E-state index in [-0.39, 0.29) is 42.4 Å². The number of aromatic amines is 1. The maximum atomic E-state index is 12.6. The van der Waals surface area contributed by atoms with E-state index in [0.717, 1.165) is 51.6 Å². The van der Waals surface area contributed by atoms with E-state index in [1.807, 2.05) is 4.90 Å². The molecule has 1 aromatic rings. The summed E-state index contributed by atoms with van der Waals surface area (Å²) < 4.78 is 0. The lowest BCUT2D eigenvalue weighted by Gasteiger charge is -2.34. The lowest BCUT2D eigenvalue weighted by molar-refractivity contribution is -0.137. The smallest absolute Gasteiger partial charge is 0.274 e. The first-order valence-electron chi connectivity index (χ1n) is 9.82. The van der Waals surface area contributed by atoms with Crippen LogP contribution in [0.1, 0.15) is 57.1 Å². The van der Waals surface area contributed by atoms with Crippen LogP contribution >= 0.6 is 0 Å². The highest BCUT2D eigenvalue weighted by atomic mass is 16.2. The van der Waals surface area contributed by atoms with Gasteiger partial charge in [0.2, 0.25) is 17.8 Å². The molecular formula is C18H28N6O3. The number of hydrogen-bond donors (Lipinski definition) is 3. The molecule has 0 radical (unpaired) electrons. The van der Waals surface area contributed by atoms with Gasteiger partial charge in [-0.3, -0.25) is 19.4 Å². The third-order valence-electron chi connectivity index (χ3n) is 5.48. The molecule has 1 aliphatic heterocycles. The number of nitrogens with one attached hydrogen (secondary N) is 2. The number of nitrogen functional groups attached to an aromatic ring is 1. The number of H-pyrrole nitrogens is 1. The number of hydrogen-bond acceptors (Lipinski definition) is 6. The van der Waals surface area contributed by atoms with Crippen molar-refractivity contribution in [1.29, 1.82) is 0 Å². The molecule has 3 rings (SSSR count). The van der Waals surface area contributed by atoms with Crippen LogP contribution in [0.4, 0.5) is 5.95 Å². The van der Waals surface area contributed by atoms with E-state index >= 15 is 0 Å². The Hall–Kier alpha value is -2.45. The zero-order chi connectivity index (χ0) is 19.2. The van der Waals surface area contributed by atoms with Gasteiger partial charge in [0.05, 0.1) is 0 Å². The van der Waals surface area contributed by atoms with Crippen LogP contribution in [0.2, 0.25) is 0 Å². The molecule has 0 unspecified atom stereocenters. The monoisotopic (exact) mass is 376 g/mol. The summed E-state index contributed by atoms with van der Waals surface area (Å²) in [7, 11) is 0. The minimum absolute atomic E-state index is 0.0379. The predicted molar refractivity (Wildman–Crippen MR) is 99.7 cm³/mol. The molecule has 9 nitrogen and oxygen atoms in total. The van der Waals surface area contributed by atoms with Crippen molar-refractivity contribution < 1.29 is 9.59 Å². The first kappa shape index (κ1) is 19.3. The van der Waals surface area contributed by atoms with E-state index in [4.69, 9.17) is 5.73 Å². The Bertz CT molecular complexity index is 720. The van der Waals surface area contributed by atoms with Gasteiger partial charge in [0, 0.05) is 37.9 Å². The van der Waals surface area contributed by atoms with Gasteiger partial charge in [0.25, 0.3) is 5.56 Å². The third-order valence-corrected chi connectivity index (χ3v) is 5.48. The van der Waals surface area contributed by atoms with Gasteiger partial charge in [-0.1, -0.05) is 0 Å². The molecule has 0 spiro atoms. The van der Waals surface area contributed by atoms with Crippen molar-refractivity contribution in [2.75, 3.05) is 18.8 Å². The molecule has 2 aliphatic rings. The Balaban J connectivity index is 1.40. The zero-order valence-corrected chi connectivity index (χ0v) is 15.6. The number of carbonyl (C=O) groups is 2. The molecule has 0 bridgehead atoms. The number of aryl methyl sites for hydroxylation is 1. The van der Waals surface area contributed by atoms with E-state index in [1.54, 1.807) is 0 Å². The van der Waals surface area contributed by atoms with Gasteiger partial charge in [-0.25, -0.2) is 0 Å². The van der Waals surface area contributed by atoms with Crippen LogP contribution in [0.25, 0.3) is 0 Å². The van der Waals surface area contributed by atoms with Crippen LogP contribution < -0.4 is 16.6 Å². The van der Waals surface area contributed by atoms with Crippen molar-refractivity contribution in [3.8, 4) is 0 Å². The summed E-state index contributed by atoms with van der Waals surface area (Å²) in [4.78, 5) is 40.8. The number of piperidine rings is 1. The summed E-state index contributed by atoms with van der Waals surface area (Å²) in [6.45, 7) is 1.78. The number of carbonyl (C=O) groups excluding carboxylic acids is 2. The Morgan fingerprint density at radius 3 is 2.48 bits per heavy atom. The fourth-order valence-electron chi connectivity index (χ4n) is 3.93. The SMILES string of the molecule is Nc1nnc(CCC(=O)NC2CCC(C(=O)N3CCCCC3)CC2)c(=O)[nH]1. The average Bonchev–Trinajstić information content (AvgIpc) is 2.68. The quantitative estimate of drug-likeness (QED) is 0.679. The van der Waals surface area contributed by atoms with Crippen LogP contribution in [0, 0.1) is 5.92 Å². The molecular weight excluding hydrogens is 348 g/mol. The number of aromatic nitrogens is 3. The normalized spacial score (nSPS) is 23.0. The van der Waals surface area contributed by atoms with Crippen molar-refractivity contribution in [1.82, 2.24) is 25.4 Å². The fraction of sp³-hybridized carbons (Fsp3) is 0.722. The largest absolute Gasteiger partial charge is 0.368 e. The van der Waals surface area contributed by atoms with Gasteiger partial charge >= 0.3 is 0 Å². The van der Waals surface area contributed by atoms with Gasteiger partial charge in [0.1, 0.15) is 5.69 Å². The molecule has 27 heavy (non-hydrogen) atoms. The highest BCUT2D eigenvalue weighted by Gasteiger charge is 2.30. The molecule has 2 heterocycles. The van der Waals surface area contributed by atoms with E-state index in [0.29, 0.717) is 5.91 Å². The molecule has 0 atom stereocenters. The van der Waals surface area contributed by atoms with Gasteiger partial charge in [-0.15, -0.1) is 10.2 Å². The number of amides is 2. The lowest BCUT2D eigenvalue weighted by atomic mass is 9.84. The van der Waals surface area contributed by atoms with Crippen molar-refractivity contribution in [2.24, 2.45) is 5.92 Å². The van der Waals surface area contributed by atoms with Crippen molar-refractivity contribution >= 4 is 17.8 Å². The summed E-state index contributed by atoms with van der Waals surface area (Å²) in [5, 5.41) is 10.3. The Morgan fingerprint density at radius 1 is 1.11 bits per heavy atom. The first-order chi connectivity index (χ1) is 13.0. The zero-order valence-electron chi connectivity index (χ0n) is 15.6. The van der Waals surface area contributed by atoms with Crippen molar-refractivity contribution in [3.05, 3.63) is 16.0 Å². The van der Waals surface area contributed by atoms with Gasteiger partial charge in [-0.05, 0) is 44.9 Å². The molecule has 0 aromatic carbocycles. The fourth-order valence-corrected chi connectivity index (χ4v) is 3.93. The van der Waals surface area contributed by atoms with E-state index in [1.165, 1.54) is 6.42 Å². The van der Waals surface area contributed by atoms with Gasteiger partial charge in [-0.2, -0.15) is 0 Å². The summed E-state index contributed by atoms with van der Waals surface area (Å²) in [5.41, 5.74) is 5.15. The molecule has 2 fully saturated rings. The van der Waals surface area contributed by atoms with E-state index in [2.05, 4.69) is 20.5 Å². The van der Waals surface area contributed by atoms with Crippen LogP contribution in [0.15, 0.2) is 4.79 Å². The minimum Gasteiger partial charge on any atom is -0.368 e. The highest BCUT2D eigenvalue weighted by molar-refractivity contribution is 5.79. The molecule has 1 aliphatic carbocycles. The number of anilines is 1. The molecule has 9 heteroatoms. The average molecular weight is 376 g/mol. The Morgan fingerprint density at radius 2 is 1.81 bits per heavy atom. The van der Waals surface area contributed by atoms with Gasteiger partial charge in [0.15, 0.2) is 0 Å². The number of nitrogens with two attached hydrogens (primary N) is 1. The standard InChI is InChI=1S/C18H28N6O3/c19-18-21-16(26)14(22-23-18)8-9-15(25)20-13-6-4-12(5-7-13)17(27)24-10-2-1-3-11-24/h12-13H,1-11H2,(H,20,25)(H3,19,21,23,26). The van der Waals surface area contributed by atoms with Crippen LogP contribution in [-0.2, 0) is 16.0 Å². The number of rotatable bonds is 5. The first-order valence-corrected chi connectivity index (χ1v) is 9.82. The molecule has 4 N–H and O–H groups in total. The summed E-state index contributed by atoms with van der Waals surface area (Å²) in [6.07, 6.45) is 7.11. The Labute approximate surface area is 158 Å². The van der Waals surface area contributed by atoms with Gasteiger partial charge < -0.3 is 16.0 Å². The van der Waals surface area contributed by atoms with Crippen molar-refractivity contribution in [2.45, 2.75) is 63.8 Å². The molecule has 1 saturated carbocycles. The summed E-state index contributed by atoms with van der Waals surface area (Å²) >= 11 is 0. The summed E-state index contributed by atoms with van der Waals surface area (Å²) in [5.74, 6) is 0.239.